The van der Waals surface area contributed by atoms with Crippen LogP contribution in [-0.4, -0.2) is 48.3 Å². The molecule has 0 spiro atoms. The van der Waals surface area contributed by atoms with Crippen molar-refractivity contribution in [1.29, 1.82) is 0 Å². The fourth-order valence-electron chi connectivity index (χ4n) is 3.31. The first kappa shape index (κ1) is 16.9. The van der Waals surface area contributed by atoms with Gasteiger partial charge in [0.05, 0.1) is 11.8 Å². The molecule has 0 bridgehead atoms. The molecule has 0 amide bonds. The maximum atomic E-state index is 5.98. The number of piperazine rings is 1. The monoisotopic (exact) mass is 327 g/mol. The largest absolute Gasteiger partial charge is 0.489 e. The molecule has 0 N–H and O–H groups in total. The van der Waals surface area contributed by atoms with Gasteiger partial charge in [-0.25, -0.2) is 0 Å². The number of para-hydroxylation sites is 2. The summed E-state index contributed by atoms with van der Waals surface area (Å²) < 4.78 is 8.20. The standard InChI is InChI=1S/C20H29N3O/c1-17(2)24-20-9-5-4-8-19(20)23-15-13-22(14-16-23)12-10-18-7-6-11-21(18)3/h4-9,11,17H,10,12-16H2,1-3H3. The van der Waals surface area contributed by atoms with E-state index in [9.17, 15) is 0 Å². The summed E-state index contributed by atoms with van der Waals surface area (Å²) in [5, 5.41) is 0. The van der Waals surface area contributed by atoms with E-state index in [-0.39, 0.29) is 6.10 Å². The lowest BCUT2D eigenvalue weighted by Crippen LogP contribution is -2.47. The number of rotatable bonds is 6. The topological polar surface area (TPSA) is 20.6 Å². The van der Waals surface area contributed by atoms with Crippen LogP contribution < -0.4 is 9.64 Å². The van der Waals surface area contributed by atoms with E-state index < -0.39 is 0 Å². The van der Waals surface area contributed by atoms with E-state index in [4.69, 9.17) is 4.74 Å². The fraction of sp³-hybridized carbons (Fsp3) is 0.500. The summed E-state index contributed by atoms with van der Waals surface area (Å²) in [5.74, 6) is 1.00. The van der Waals surface area contributed by atoms with Gasteiger partial charge in [-0.2, -0.15) is 0 Å². The highest BCUT2D eigenvalue weighted by Gasteiger charge is 2.20. The van der Waals surface area contributed by atoms with Crippen LogP contribution in [0.5, 0.6) is 5.75 Å². The van der Waals surface area contributed by atoms with Crippen molar-refractivity contribution in [3.8, 4) is 5.75 Å². The van der Waals surface area contributed by atoms with E-state index >= 15 is 0 Å². The number of hydrogen-bond donors (Lipinski definition) is 0. The van der Waals surface area contributed by atoms with Gasteiger partial charge in [0.2, 0.25) is 0 Å². The number of aryl methyl sites for hydroxylation is 1. The zero-order valence-corrected chi connectivity index (χ0v) is 15.1. The van der Waals surface area contributed by atoms with Crippen LogP contribution in [0.1, 0.15) is 19.5 Å². The molecule has 0 atom stereocenters. The van der Waals surface area contributed by atoms with Gasteiger partial charge in [-0.1, -0.05) is 12.1 Å². The third-order valence-corrected chi connectivity index (χ3v) is 4.68. The van der Waals surface area contributed by atoms with Crippen molar-refractivity contribution < 1.29 is 4.74 Å². The molecule has 2 aromatic rings. The van der Waals surface area contributed by atoms with Crippen molar-refractivity contribution in [3.05, 3.63) is 48.3 Å². The summed E-state index contributed by atoms with van der Waals surface area (Å²) >= 11 is 0. The van der Waals surface area contributed by atoms with Gasteiger partial charge in [-0.15, -0.1) is 0 Å². The van der Waals surface area contributed by atoms with Crippen molar-refractivity contribution in [3.63, 3.8) is 0 Å². The summed E-state index contributed by atoms with van der Waals surface area (Å²) in [7, 11) is 2.12. The van der Waals surface area contributed by atoms with Gasteiger partial charge < -0.3 is 14.2 Å². The SMILES string of the molecule is CC(C)Oc1ccccc1N1CCN(CCc2cccn2C)CC1. The van der Waals surface area contributed by atoms with Crippen molar-refractivity contribution in [2.75, 3.05) is 37.6 Å². The normalized spacial score (nSPS) is 15.9. The predicted molar refractivity (Wildman–Crippen MR) is 100.0 cm³/mol. The molecule has 0 saturated carbocycles. The minimum absolute atomic E-state index is 0.206. The van der Waals surface area contributed by atoms with Gasteiger partial charge in [0.25, 0.3) is 0 Å². The smallest absolute Gasteiger partial charge is 0.142 e. The second-order valence-electron chi connectivity index (χ2n) is 6.82. The Morgan fingerprint density at radius 1 is 1.00 bits per heavy atom. The lowest BCUT2D eigenvalue weighted by molar-refractivity contribution is 0.238. The Balaban J connectivity index is 1.54. The number of benzene rings is 1. The fourth-order valence-corrected chi connectivity index (χ4v) is 3.31. The minimum atomic E-state index is 0.206. The van der Waals surface area contributed by atoms with E-state index in [1.807, 2.05) is 0 Å². The summed E-state index contributed by atoms with van der Waals surface area (Å²) in [6.07, 6.45) is 3.45. The summed E-state index contributed by atoms with van der Waals surface area (Å²) in [4.78, 5) is 5.02. The molecule has 24 heavy (non-hydrogen) atoms. The lowest BCUT2D eigenvalue weighted by atomic mass is 10.2. The predicted octanol–water partition coefficient (Wildman–Crippen LogP) is 3.18. The van der Waals surface area contributed by atoms with Gasteiger partial charge in [0.15, 0.2) is 0 Å². The highest BCUT2D eigenvalue weighted by molar-refractivity contribution is 5.58. The second-order valence-corrected chi connectivity index (χ2v) is 6.82. The minimum Gasteiger partial charge on any atom is -0.489 e. The molecule has 0 radical (unpaired) electrons. The van der Waals surface area contributed by atoms with E-state index in [1.54, 1.807) is 0 Å². The van der Waals surface area contributed by atoms with Crippen LogP contribution in [0.2, 0.25) is 0 Å². The van der Waals surface area contributed by atoms with Crippen LogP contribution in [0.15, 0.2) is 42.6 Å². The zero-order valence-electron chi connectivity index (χ0n) is 15.1. The first-order chi connectivity index (χ1) is 11.6. The highest BCUT2D eigenvalue weighted by atomic mass is 16.5. The van der Waals surface area contributed by atoms with E-state index in [0.29, 0.717) is 0 Å². The summed E-state index contributed by atoms with van der Waals surface area (Å²) in [6, 6.07) is 12.8. The molecule has 1 fully saturated rings. The maximum Gasteiger partial charge on any atom is 0.142 e. The number of aromatic nitrogens is 1. The molecular formula is C20H29N3O. The van der Waals surface area contributed by atoms with Crippen LogP contribution in [-0.2, 0) is 13.5 Å². The highest BCUT2D eigenvalue weighted by Crippen LogP contribution is 2.29. The Kier molecular flexibility index (Phi) is 5.46. The van der Waals surface area contributed by atoms with Crippen molar-refractivity contribution in [2.24, 2.45) is 7.05 Å². The molecule has 1 aromatic carbocycles. The van der Waals surface area contributed by atoms with Crippen LogP contribution in [0.3, 0.4) is 0 Å². The zero-order chi connectivity index (χ0) is 16.9. The molecule has 3 rings (SSSR count). The van der Waals surface area contributed by atoms with Gasteiger partial charge in [0, 0.05) is 58.1 Å². The van der Waals surface area contributed by atoms with Crippen LogP contribution in [0.25, 0.3) is 0 Å². The van der Waals surface area contributed by atoms with E-state index in [2.05, 4.69) is 77.9 Å². The maximum absolute atomic E-state index is 5.98. The number of nitrogens with zero attached hydrogens (tertiary/aromatic N) is 3. The second kappa shape index (κ2) is 7.75. The molecule has 0 unspecified atom stereocenters. The third kappa shape index (κ3) is 4.12. The summed E-state index contributed by atoms with van der Waals surface area (Å²) in [6.45, 7) is 9.64. The lowest BCUT2D eigenvalue weighted by Gasteiger charge is -2.37. The Hall–Kier alpha value is -1.94. The Labute approximate surface area is 145 Å². The Morgan fingerprint density at radius 2 is 1.75 bits per heavy atom. The van der Waals surface area contributed by atoms with Crippen molar-refractivity contribution >= 4 is 5.69 Å². The first-order valence-electron chi connectivity index (χ1n) is 8.96. The number of hydrogen-bond acceptors (Lipinski definition) is 3. The van der Waals surface area contributed by atoms with Crippen LogP contribution in [0.4, 0.5) is 5.69 Å². The molecule has 1 saturated heterocycles. The van der Waals surface area contributed by atoms with Crippen LogP contribution in [0, 0.1) is 0 Å². The van der Waals surface area contributed by atoms with Gasteiger partial charge >= 0.3 is 0 Å². The molecule has 2 heterocycles. The van der Waals surface area contributed by atoms with Crippen molar-refractivity contribution in [2.45, 2.75) is 26.4 Å². The molecule has 1 aliphatic rings. The quantitative estimate of drug-likeness (QED) is 0.813. The van der Waals surface area contributed by atoms with Crippen LogP contribution >= 0.6 is 0 Å². The van der Waals surface area contributed by atoms with E-state index in [1.165, 1.54) is 11.4 Å². The molecule has 4 heteroatoms. The molecule has 130 valence electrons. The number of ether oxygens (including phenoxy) is 1. The van der Waals surface area contributed by atoms with Crippen molar-refractivity contribution in [1.82, 2.24) is 9.47 Å². The van der Waals surface area contributed by atoms with Gasteiger partial charge in [-0.3, -0.25) is 4.90 Å². The Morgan fingerprint density at radius 3 is 2.42 bits per heavy atom. The van der Waals surface area contributed by atoms with Gasteiger partial charge in [-0.05, 0) is 38.1 Å². The average Bonchev–Trinajstić information content (AvgIpc) is 2.99. The Bertz CT molecular complexity index is 642. The molecule has 1 aliphatic heterocycles. The molecule has 4 nitrogen and oxygen atoms in total. The number of anilines is 1. The average molecular weight is 327 g/mol. The molecular weight excluding hydrogens is 298 g/mol. The van der Waals surface area contributed by atoms with Gasteiger partial charge in [0.1, 0.15) is 5.75 Å². The summed E-state index contributed by atoms with van der Waals surface area (Å²) in [5.41, 5.74) is 2.64. The van der Waals surface area contributed by atoms with E-state index in [0.717, 1.165) is 44.9 Å². The molecule has 0 aliphatic carbocycles. The first-order valence-corrected chi connectivity index (χ1v) is 8.96. The third-order valence-electron chi connectivity index (χ3n) is 4.68. The molecule has 1 aromatic heterocycles.